The highest BCUT2D eigenvalue weighted by Crippen LogP contribution is 2.21. The van der Waals surface area contributed by atoms with E-state index in [1.165, 1.54) is 0 Å². The fourth-order valence-electron chi connectivity index (χ4n) is 1.81. The number of anilines is 2. The minimum absolute atomic E-state index is 0.0746. The highest BCUT2D eigenvalue weighted by Gasteiger charge is 2.04. The number of hydrogen-bond acceptors (Lipinski definition) is 2. The first-order valence-electron chi connectivity index (χ1n) is 6.60. The van der Waals surface area contributed by atoms with Gasteiger partial charge in [-0.15, -0.1) is 0 Å². The molecule has 0 fully saturated rings. The maximum absolute atomic E-state index is 11.9. The molecule has 2 N–H and O–H groups in total. The normalized spacial score (nSPS) is 10.2. The van der Waals surface area contributed by atoms with Gasteiger partial charge in [0.2, 0.25) is 5.91 Å². The monoisotopic (exact) mass is 322 g/mol. The third-order valence-electron chi connectivity index (χ3n) is 3.00. The Bertz CT molecular complexity index is 644. The lowest BCUT2D eigenvalue weighted by Crippen LogP contribution is -2.16. The molecule has 0 saturated heterocycles. The molecule has 0 spiro atoms. The summed E-state index contributed by atoms with van der Waals surface area (Å²) in [6.07, 6.45) is 0.344. The fourth-order valence-corrected chi connectivity index (χ4v) is 2.19. The second kappa shape index (κ2) is 7.34. The van der Waals surface area contributed by atoms with Gasteiger partial charge in [0.25, 0.3) is 0 Å². The van der Waals surface area contributed by atoms with E-state index in [4.69, 9.17) is 23.2 Å². The van der Waals surface area contributed by atoms with Crippen LogP contribution < -0.4 is 10.6 Å². The molecular weight excluding hydrogens is 307 g/mol. The van der Waals surface area contributed by atoms with Gasteiger partial charge >= 0.3 is 0 Å². The molecule has 0 bridgehead atoms. The summed E-state index contributed by atoms with van der Waals surface area (Å²) in [6.45, 7) is 2.43. The molecule has 0 heterocycles. The van der Waals surface area contributed by atoms with E-state index in [0.717, 1.165) is 11.3 Å². The zero-order valence-corrected chi connectivity index (χ0v) is 13.1. The Morgan fingerprint density at radius 1 is 1.10 bits per heavy atom. The molecule has 21 heavy (non-hydrogen) atoms. The zero-order valence-electron chi connectivity index (χ0n) is 11.6. The van der Waals surface area contributed by atoms with Crippen LogP contribution in [0.2, 0.25) is 10.0 Å². The van der Waals surface area contributed by atoms with Crippen LogP contribution in [0.3, 0.4) is 0 Å². The molecule has 0 aliphatic carbocycles. The van der Waals surface area contributed by atoms with Crippen molar-refractivity contribution in [3.8, 4) is 0 Å². The molecule has 3 nitrogen and oxygen atoms in total. The van der Waals surface area contributed by atoms with Gasteiger partial charge < -0.3 is 10.6 Å². The van der Waals surface area contributed by atoms with Gasteiger partial charge in [0, 0.05) is 23.7 Å². The summed E-state index contributed by atoms with van der Waals surface area (Å²) < 4.78 is 0. The van der Waals surface area contributed by atoms with Gasteiger partial charge in [0.05, 0.1) is 10.7 Å². The Morgan fingerprint density at radius 2 is 1.86 bits per heavy atom. The summed E-state index contributed by atoms with van der Waals surface area (Å²) in [4.78, 5) is 11.9. The molecule has 0 aromatic heterocycles. The average molecular weight is 323 g/mol. The van der Waals surface area contributed by atoms with Gasteiger partial charge in [-0.25, -0.2) is 0 Å². The SMILES string of the molecule is Cc1ccc(NC(=O)CCNc2ccccc2Cl)cc1Cl. The Labute approximate surface area is 134 Å². The maximum Gasteiger partial charge on any atom is 0.226 e. The first kappa shape index (κ1) is 15.7. The van der Waals surface area contributed by atoms with E-state index in [9.17, 15) is 4.79 Å². The van der Waals surface area contributed by atoms with Crippen molar-refractivity contribution in [2.75, 3.05) is 17.2 Å². The van der Waals surface area contributed by atoms with Gasteiger partial charge in [-0.3, -0.25) is 4.79 Å². The molecule has 110 valence electrons. The average Bonchev–Trinajstić information content (AvgIpc) is 2.45. The summed E-state index contributed by atoms with van der Waals surface area (Å²) in [7, 11) is 0. The van der Waals surface area contributed by atoms with Crippen molar-refractivity contribution in [2.45, 2.75) is 13.3 Å². The lowest BCUT2D eigenvalue weighted by Gasteiger charge is -2.09. The van der Waals surface area contributed by atoms with E-state index in [1.807, 2.05) is 37.3 Å². The van der Waals surface area contributed by atoms with E-state index in [-0.39, 0.29) is 5.91 Å². The van der Waals surface area contributed by atoms with Gasteiger partial charge in [-0.2, -0.15) is 0 Å². The summed E-state index contributed by atoms with van der Waals surface area (Å²) >= 11 is 12.0. The highest BCUT2D eigenvalue weighted by molar-refractivity contribution is 6.33. The first-order chi connectivity index (χ1) is 10.1. The van der Waals surface area contributed by atoms with E-state index >= 15 is 0 Å². The van der Waals surface area contributed by atoms with Crippen molar-refractivity contribution in [1.82, 2.24) is 0 Å². The number of para-hydroxylation sites is 1. The van der Waals surface area contributed by atoms with Crippen molar-refractivity contribution < 1.29 is 4.79 Å². The highest BCUT2D eigenvalue weighted by atomic mass is 35.5. The lowest BCUT2D eigenvalue weighted by atomic mass is 10.2. The largest absolute Gasteiger partial charge is 0.383 e. The number of halogens is 2. The Hall–Kier alpha value is -1.71. The second-order valence-corrected chi connectivity index (χ2v) is 5.48. The van der Waals surface area contributed by atoms with Crippen molar-refractivity contribution in [3.05, 3.63) is 58.1 Å². The van der Waals surface area contributed by atoms with E-state index in [2.05, 4.69) is 10.6 Å². The number of rotatable bonds is 5. The van der Waals surface area contributed by atoms with Crippen LogP contribution in [0.4, 0.5) is 11.4 Å². The van der Waals surface area contributed by atoms with Crippen LogP contribution in [-0.4, -0.2) is 12.5 Å². The van der Waals surface area contributed by atoms with Crippen LogP contribution in [0.25, 0.3) is 0 Å². The molecule has 1 amide bonds. The number of nitrogens with one attached hydrogen (secondary N) is 2. The molecule has 0 saturated carbocycles. The van der Waals surface area contributed by atoms with Crippen molar-refractivity contribution in [2.24, 2.45) is 0 Å². The number of benzene rings is 2. The fraction of sp³-hybridized carbons (Fsp3) is 0.188. The van der Waals surface area contributed by atoms with Crippen LogP contribution in [0, 0.1) is 6.92 Å². The number of amides is 1. The molecule has 2 rings (SSSR count). The molecule has 0 radical (unpaired) electrons. The van der Waals surface area contributed by atoms with Crippen molar-refractivity contribution in [3.63, 3.8) is 0 Å². The van der Waals surface area contributed by atoms with Gasteiger partial charge in [0.1, 0.15) is 0 Å². The standard InChI is InChI=1S/C16H16Cl2N2O/c1-11-6-7-12(10-14(11)18)20-16(21)8-9-19-15-5-3-2-4-13(15)17/h2-7,10,19H,8-9H2,1H3,(H,20,21). The van der Waals surface area contributed by atoms with Crippen LogP contribution in [0.1, 0.15) is 12.0 Å². The van der Waals surface area contributed by atoms with Crippen LogP contribution in [0.15, 0.2) is 42.5 Å². The van der Waals surface area contributed by atoms with Crippen LogP contribution >= 0.6 is 23.2 Å². The molecule has 2 aromatic carbocycles. The molecule has 0 aliphatic rings. The van der Waals surface area contributed by atoms with Gasteiger partial charge in [-0.1, -0.05) is 41.4 Å². The lowest BCUT2D eigenvalue weighted by molar-refractivity contribution is -0.115. The Kier molecular flexibility index (Phi) is 5.48. The number of carbonyl (C=O) groups is 1. The molecule has 0 atom stereocenters. The molecule has 0 aliphatic heterocycles. The molecular formula is C16H16Cl2N2O. The third kappa shape index (κ3) is 4.66. The van der Waals surface area contributed by atoms with Crippen LogP contribution in [0.5, 0.6) is 0 Å². The molecule has 0 unspecified atom stereocenters. The van der Waals surface area contributed by atoms with Crippen molar-refractivity contribution >= 4 is 40.5 Å². The topological polar surface area (TPSA) is 41.1 Å². The quantitative estimate of drug-likeness (QED) is 0.834. The second-order valence-electron chi connectivity index (χ2n) is 4.67. The summed E-state index contributed by atoms with van der Waals surface area (Å²) in [5.41, 5.74) is 2.51. The maximum atomic E-state index is 11.9. The summed E-state index contributed by atoms with van der Waals surface area (Å²) in [5, 5.41) is 7.23. The van der Waals surface area contributed by atoms with Gasteiger partial charge in [0.15, 0.2) is 0 Å². The predicted octanol–water partition coefficient (Wildman–Crippen LogP) is 4.74. The minimum Gasteiger partial charge on any atom is -0.383 e. The smallest absolute Gasteiger partial charge is 0.226 e. The Morgan fingerprint density at radius 3 is 2.57 bits per heavy atom. The van der Waals surface area contributed by atoms with Gasteiger partial charge in [-0.05, 0) is 36.8 Å². The first-order valence-corrected chi connectivity index (χ1v) is 7.36. The number of hydrogen-bond donors (Lipinski definition) is 2. The zero-order chi connectivity index (χ0) is 15.2. The summed E-state index contributed by atoms with van der Waals surface area (Å²) in [6, 6.07) is 12.9. The number of aryl methyl sites for hydroxylation is 1. The Balaban J connectivity index is 1.82. The molecule has 5 heteroatoms. The minimum atomic E-state index is -0.0746. The molecule has 2 aromatic rings. The third-order valence-corrected chi connectivity index (χ3v) is 3.73. The summed E-state index contributed by atoms with van der Waals surface area (Å²) in [5.74, 6) is -0.0746. The van der Waals surface area contributed by atoms with Crippen LogP contribution in [-0.2, 0) is 4.79 Å². The van der Waals surface area contributed by atoms with Crippen molar-refractivity contribution in [1.29, 1.82) is 0 Å². The van der Waals surface area contributed by atoms with E-state index < -0.39 is 0 Å². The van der Waals surface area contributed by atoms with E-state index in [1.54, 1.807) is 12.1 Å². The van der Waals surface area contributed by atoms with E-state index in [0.29, 0.717) is 28.7 Å². The predicted molar refractivity (Wildman–Crippen MR) is 89.4 cm³/mol. The number of carbonyl (C=O) groups excluding carboxylic acids is 1.